The normalized spacial score (nSPS) is 13.8. The van der Waals surface area contributed by atoms with Crippen LogP contribution in [0.5, 0.6) is 0 Å². The number of rotatable bonds is 4. The van der Waals surface area contributed by atoms with Crippen molar-refractivity contribution < 1.29 is 0 Å². The summed E-state index contributed by atoms with van der Waals surface area (Å²) in [4.78, 5) is 0. The van der Waals surface area contributed by atoms with E-state index in [0.29, 0.717) is 0 Å². The van der Waals surface area contributed by atoms with Crippen LogP contribution in [-0.4, -0.2) is 14.4 Å². The van der Waals surface area contributed by atoms with Crippen LogP contribution >= 0.6 is 0 Å². The molecule has 0 aromatic heterocycles. The lowest BCUT2D eigenvalue weighted by molar-refractivity contribution is 0.673. The third-order valence-corrected chi connectivity index (χ3v) is 1.45. The highest BCUT2D eigenvalue weighted by Crippen LogP contribution is 2.07. The summed E-state index contributed by atoms with van der Waals surface area (Å²) in [5.74, 6) is 0.731. The van der Waals surface area contributed by atoms with Crippen molar-refractivity contribution in [3.05, 3.63) is 0 Å². The third-order valence-electron chi connectivity index (χ3n) is 1.45. The van der Waals surface area contributed by atoms with E-state index in [1.165, 1.54) is 19.3 Å². The van der Waals surface area contributed by atoms with E-state index in [-0.39, 0.29) is 0 Å². The largest absolute Gasteiger partial charge is 0.331 e. The standard InChI is InChI=1S/C6H16BN/c1-2-3-4-6(7)5-8/h6H,2-5,7-8H2,1H3. The quantitative estimate of drug-likeness (QED) is 0.529. The van der Waals surface area contributed by atoms with Crippen molar-refractivity contribution in [2.75, 3.05) is 6.54 Å². The van der Waals surface area contributed by atoms with E-state index in [4.69, 9.17) is 5.73 Å². The van der Waals surface area contributed by atoms with Gasteiger partial charge in [-0.1, -0.05) is 32.0 Å². The Labute approximate surface area is 53.1 Å². The van der Waals surface area contributed by atoms with Crippen LogP contribution in [0.3, 0.4) is 0 Å². The van der Waals surface area contributed by atoms with Crippen molar-refractivity contribution >= 4 is 7.85 Å². The lowest BCUT2D eigenvalue weighted by Gasteiger charge is -2.04. The highest BCUT2D eigenvalue weighted by Gasteiger charge is 1.95. The van der Waals surface area contributed by atoms with Crippen molar-refractivity contribution in [2.24, 2.45) is 5.73 Å². The summed E-state index contributed by atoms with van der Waals surface area (Å²) in [6, 6.07) is 0. The molecule has 0 aliphatic carbocycles. The van der Waals surface area contributed by atoms with Crippen LogP contribution < -0.4 is 5.73 Å². The second kappa shape index (κ2) is 5.17. The first-order valence-corrected chi connectivity index (χ1v) is 3.51. The van der Waals surface area contributed by atoms with E-state index >= 15 is 0 Å². The molecule has 0 saturated heterocycles. The van der Waals surface area contributed by atoms with Gasteiger partial charge < -0.3 is 5.73 Å². The van der Waals surface area contributed by atoms with Crippen LogP contribution in [-0.2, 0) is 0 Å². The van der Waals surface area contributed by atoms with Crippen molar-refractivity contribution in [1.82, 2.24) is 0 Å². The van der Waals surface area contributed by atoms with Crippen molar-refractivity contribution in [1.29, 1.82) is 0 Å². The molecule has 0 aliphatic heterocycles. The topological polar surface area (TPSA) is 26.0 Å². The van der Waals surface area contributed by atoms with Crippen LogP contribution in [0.25, 0.3) is 0 Å². The molecule has 0 spiro atoms. The summed E-state index contributed by atoms with van der Waals surface area (Å²) in [5, 5.41) is 0. The van der Waals surface area contributed by atoms with Crippen LogP contribution in [0.15, 0.2) is 0 Å². The molecule has 0 heterocycles. The van der Waals surface area contributed by atoms with Crippen LogP contribution in [0.4, 0.5) is 0 Å². The molecular weight excluding hydrogens is 96.9 g/mol. The molecule has 0 radical (unpaired) electrons. The van der Waals surface area contributed by atoms with Crippen LogP contribution in [0.1, 0.15) is 26.2 Å². The Morgan fingerprint density at radius 1 is 1.62 bits per heavy atom. The van der Waals surface area contributed by atoms with Gasteiger partial charge in [-0.3, -0.25) is 0 Å². The van der Waals surface area contributed by atoms with Gasteiger partial charge in [0, 0.05) is 0 Å². The summed E-state index contributed by atoms with van der Waals surface area (Å²) in [7, 11) is 2.20. The van der Waals surface area contributed by atoms with Crippen molar-refractivity contribution in [3.63, 3.8) is 0 Å². The molecule has 48 valence electrons. The zero-order valence-electron chi connectivity index (χ0n) is 5.98. The Hall–Kier alpha value is 0.0249. The zero-order chi connectivity index (χ0) is 6.41. The second-order valence-electron chi connectivity index (χ2n) is 2.48. The van der Waals surface area contributed by atoms with E-state index in [2.05, 4.69) is 14.8 Å². The van der Waals surface area contributed by atoms with E-state index < -0.39 is 0 Å². The first-order valence-electron chi connectivity index (χ1n) is 3.51. The summed E-state index contributed by atoms with van der Waals surface area (Å²) in [6.45, 7) is 3.06. The lowest BCUT2D eigenvalue weighted by Crippen LogP contribution is -2.07. The molecule has 0 aromatic rings. The average Bonchev–Trinajstić information content (AvgIpc) is 1.83. The van der Waals surface area contributed by atoms with E-state index in [1.807, 2.05) is 0 Å². The predicted octanol–water partition coefficient (Wildman–Crippen LogP) is 0.557. The Morgan fingerprint density at radius 2 is 2.25 bits per heavy atom. The fourth-order valence-electron chi connectivity index (χ4n) is 0.670. The highest BCUT2D eigenvalue weighted by molar-refractivity contribution is 6.11. The molecule has 0 rings (SSSR count). The molecule has 0 amide bonds. The van der Waals surface area contributed by atoms with Gasteiger partial charge in [0.25, 0.3) is 0 Å². The van der Waals surface area contributed by atoms with Gasteiger partial charge >= 0.3 is 0 Å². The maximum absolute atomic E-state index is 5.41. The van der Waals surface area contributed by atoms with Crippen molar-refractivity contribution in [3.8, 4) is 0 Å². The fraction of sp³-hybridized carbons (Fsp3) is 1.00. The molecule has 0 aliphatic rings. The molecular formula is C6H16BN. The molecule has 0 saturated carbocycles. The Bertz CT molecular complexity index is 47.8. The van der Waals surface area contributed by atoms with E-state index in [1.54, 1.807) is 0 Å². The number of unbranched alkanes of at least 4 members (excludes halogenated alkanes) is 1. The van der Waals surface area contributed by atoms with Gasteiger partial charge in [0.05, 0.1) is 0 Å². The molecule has 2 heteroatoms. The first-order chi connectivity index (χ1) is 3.81. The Kier molecular flexibility index (Phi) is 5.18. The fourth-order valence-corrected chi connectivity index (χ4v) is 0.670. The van der Waals surface area contributed by atoms with E-state index in [9.17, 15) is 0 Å². The van der Waals surface area contributed by atoms with Gasteiger partial charge in [-0.05, 0) is 6.54 Å². The maximum Gasteiger partial charge on any atom is 0.107 e. The average molecular weight is 113 g/mol. The molecule has 1 atom stereocenters. The number of hydrogen-bond donors (Lipinski definition) is 1. The molecule has 0 aromatic carbocycles. The predicted molar refractivity (Wildman–Crippen MR) is 40.9 cm³/mol. The van der Waals surface area contributed by atoms with Gasteiger partial charge in [-0.15, -0.1) is 0 Å². The van der Waals surface area contributed by atoms with Gasteiger partial charge in [0.15, 0.2) is 0 Å². The summed E-state index contributed by atoms with van der Waals surface area (Å²) in [5.41, 5.74) is 5.41. The minimum absolute atomic E-state index is 0.731. The molecule has 1 unspecified atom stereocenters. The molecule has 2 N–H and O–H groups in total. The van der Waals surface area contributed by atoms with Crippen molar-refractivity contribution in [2.45, 2.75) is 32.0 Å². The van der Waals surface area contributed by atoms with Gasteiger partial charge in [-0.25, -0.2) is 0 Å². The molecule has 1 nitrogen and oxygen atoms in total. The highest BCUT2D eigenvalue weighted by atomic mass is 14.5. The summed E-state index contributed by atoms with van der Waals surface area (Å²) >= 11 is 0. The lowest BCUT2D eigenvalue weighted by atomic mass is 9.83. The molecule has 0 fully saturated rings. The number of nitrogens with two attached hydrogens (primary N) is 1. The first kappa shape index (κ1) is 8.02. The third kappa shape index (κ3) is 4.19. The molecule has 8 heavy (non-hydrogen) atoms. The molecule has 0 bridgehead atoms. The van der Waals surface area contributed by atoms with Gasteiger partial charge in [0.2, 0.25) is 0 Å². The van der Waals surface area contributed by atoms with Gasteiger partial charge in [0.1, 0.15) is 7.85 Å². The minimum atomic E-state index is 0.731. The van der Waals surface area contributed by atoms with Crippen LogP contribution in [0.2, 0.25) is 5.82 Å². The monoisotopic (exact) mass is 113 g/mol. The van der Waals surface area contributed by atoms with Crippen LogP contribution in [0, 0.1) is 0 Å². The minimum Gasteiger partial charge on any atom is -0.331 e. The summed E-state index contributed by atoms with van der Waals surface area (Å²) in [6.07, 6.45) is 3.93. The number of hydrogen-bond acceptors (Lipinski definition) is 1. The SMILES string of the molecule is BC(CN)CCCC. The Morgan fingerprint density at radius 3 is 2.62 bits per heavy atom. The smallest absolute Gasteiger partial charge is 0.107 e. The Balaban J connectivity index is 2.86. The van der Waals surface area contributed by atoms with E-state index in [0.717, 1.165) is 12.4 Å². The second-order valence-corrected chi connectivity index (χ2v) is 2.48. The zero-order valence-corrected chi connectivity index (χ0v) is 5.98. The van der Waals surface area contributed by atoms with Gasteiger partial charge in [-0.2, -0.15) is 0 Å². The maximum atomic E-state index is 5.41. The summed E-state index contributed by atoms with van der Waals surface area (Å²) < 4.78 is 0.